The van der Waals surface area contributed by atoms with Gasteiger partial charge in [-0.3, -0.25) is 4.99 Å². The van der Waals surface area contributed by atoms with Crippen LogP contribution in [0, 0.1) is 0 Å². The van der Waals surface area contributed by atoms with Gasteiger partial charge in [0.05, 0.1) is 22.3 Å². The molecule has 0 saturated carbocycles. The van der Waals surface area contributed by atoms with Gasteiger partial charge < -0.3 is 15.4 Å². The van der Waals surface area contributed by atoms with Crippen molar-refractivity contribution in [1.82, 2.24) is 10.6 Å². The van der Waals surface area contributed by atoms with E-state index < -0.39 is 9.84 Å². The van der Waals surface area contributed by atoms with Crippen molar-refractivity contribution in [2.75, 3.05) is 38.8 Å². The van der Waals surface area contributed by atoms with Crippen molar-refractivity contribution in [3.8, 4) is 5.75 Å². The van der Waals surface area contributed by atoms with Gasteiger partial charge in [0.25, 0.3) is 0 Å². The van der Waals surface area contributed by atoms with Crippen LogP contribution in [0.2, 0.25) is 15.1 Å². The predicted octanol–water partition coefficient (Wildman–Crippen LogP) is 2.24. The molecule has 0 radical (unpaired) electrons. The summed E-state index contributed by atoms with van der Waals surface area (Å²) in [6.07, 6.45) is 1.18. The van der Waals surface area contributed by atoms with Gasteiger partial charge in [-0.25, -0.2) is 8.42 Å². The lowest BCUT2D eigenvalue weighted by atomic mass is 10.3. The molecule has 0 fully saturated rings. The lowest BCUT2D eigenvalue weighted by Crippen LogP contribution is -2.41. The van der Waals surface area contributed by atoms with E-state index in [1.807, 2.05) is 0 Å². The first kappa shape index (κ1) is 20.2. The minimum Gasteiger partial charge on any atom is -0.489 e. The van der Waals surface area contributed by atoms with Crippen molar-refractivity contribution in [3.05, 3.63) is 27.2 Å². The minimum absolute atomic E-state index is 0.0280. The SMILES string of the molecule is CN=C(NCCOc1c(Cl)cc(Cl)cc1Cl)NCCS(C)(=O)=O. The molecule has 0 heterocycles. The Labute approximate surface area is 151 Å². The highest BCUT2D eigenvalue weighted by atomic mass is 35.5. The minimum atomic E-state index is -3.01. The molecule has 1 aromatic carbocycles. The molecular weight excluding hydrogens is 385 g/mol. The van der Waals surface area contributed by atoms with Gasteiger partial charge in [-0.1, -0.05) is 34.8 Å². The fraction of sp³-hybridized carbons (Fsp3) is 0.462. The molecule has 1 rings (SSSR count). The second kappa shape index (κ2) is 9.42. The van der Waals surface area contributed by atoms with Crippen molar-refractivity contribution in [3.63, 3.8) is 0 Å². The van der Waals surface area contributed by atoms with Gasteiger partial charge in [-0.2, -0.15) is 0 Å². The fourth-order valence-corrected chi connectivity index (χ4v) is 2.96. The zero-order valence-electron chi connectivity index (χ0n) is 12.7. The highest BCUT2D eigenvalue weighted by molar-refractivity contribution is 7.90. The maximum Gasteiger partial charge on any atom is 0.191 e. The van der Waals surface area contributed by atoms with Crippen molar-refractivity contribution in [2.45, 2.75) is 0 Å². The summed E-state index contributed by atoms with van der Waals surface area (Å²) in [5.74, 6) is 0.866. The molecule has 6 nitrogen and oxygen atoms in total. The lowest BCUT2D eigenvalue weighted by Gasteiger charge is -2.13. The van der Waals surface area contributed by atoms with Gasteiger partial charge in [0.15, 0.2) is 11.7 Å². The molecule has 23 heavy (non-hydrogen) atoms. The quantitative estimate of drug-likeness (QED) is 0.415. The Hall–Kier alpha value is -0.890. The lowest BCUT2D eigenvalue weighted by molar-refractivity contribution is 0.322. The number of guanidine groups is 1. The summed E-state index contributed by atoms with van der Waals surface area (Å²) >= 11 is 17.8. The molecule has 0 atom stereocenters. The Morgan fingerprint density at radius 3 is 2.26 bits per heavy atom. The van der Waals surface area contributed by atoms with Crippen LogP contribution in [-0.2, 0) is 9.84 Å². The summed E-state index contributed by atoms with van der Waals surface area (Å²) in [5, 5.41) is 6.97. The Morgan fingerprint density at radius 1 is 1.17 bits per heavy atom. The smallest absolute Gasteiger partial charge is 0.191 e. The molecule has 0 spiro atoms. The second-order valence-corrected chi connectivity index (χ2v) is 8.11. The van der Waals surface area contributed by atoms with Crippen LogP contribution in [0.1, 0.15) is 0 Å². The first-order valence-corrected chi connectivity index (χ1v) is 9.82. The molecule has 0 saturated heterocycles. The van der Waals surface area contributed by atoms with Crippen molar-refractivity contribution in [1.29, 1.82) is 0 Å². The molecule has 0 bridgehead atoms. The number of nitrogens with zero attached hydrogens (tertiary/aromatic N) is 1. The Balaban J connectivity index is 2.39. The first-order chi connectivity index (χ1) is 10.7. The van der Waals surface area contributed by atoms with E-state index in [1.54, 1.807) is 19.2 Å². The van der Waals surface area contributed by atoms with Gasteiger partial charge in [0, 0.05) is 24.9 Å². The molecular formula is C13H18Cl3N3O3S. The number of aliphatic imine (C=N–C) groups is 1. The number of nitrogens with one attached hydrogen (secondary N) is 2. The van der Waals surface area contributed by atoms with Crippen molar-refractivity contribution >= 4 is 50.6 Å². The van der Waals surface area contributed by atoms with Gasteiger partial charge in [0.1, 0.15) is 16.4 Å². The van der Waals surface area contributed by atoms with Gasteiger partial charge in [-0.15, -0.1) is 0 Å². The first-order valence-electron chi connectivity index (χ1n) is 6.62. The highest BCUT2D eigenvalue weighted by Gasteiger charge is 2.09. The average molecular weight is 403 g/mol. The van der Waals surface area contributed by atoms with E-state index in [9.17, 15) is 8.42 Å². The molecule has 2 N–H and O–H groups in total. The van der Waals surface area contributed by atoms with Crippen LogP contribution in [0.3, 0.4) is 0 Å². The number of hydrogen-bond acceptors (Lipinski definition) is 4. The molecule has 0 aliphatic rings. The van der Waals surface area contributed by atoms with Crippen LogP contribution in [0.25, 0.3) is 0 Å². The summed E-state index contributed by atoms with van der Waals surface area (Å²) in [6, 6.07) is 3.09. The zero-order valence-corrected chi connectivity index (χ0v) is 15.8. The van der Waals surface area contributed by atoms with Crippen LogP contribution in [0.5, 0.6) is 5.75 Å². The van der Waals surface area contributed by atoms with Crippen LogP contribution >= 0.6 is 34.8 Å². The summed E-state index contributed by atoms with van der Waals surface area (Å²) in [7, 11) is -1.43. The molecule has 0 aliphatic carbocycles. The highest BCUT2D eigenvalue weighted by Crippen LogP contribution is 2.35. The van der Waals surface area contributed by atoms with E-state index >= 15 is 0 Å². The third-order valence-electron chi connectivity index (χ3n) is 2.59. The number of hydrogen-bond donors (Lipinski definition) is 2. The largest absolute Gasteiger partial charge is 0.489 e. The van der Waals surface area contributed by atoms with Gasteiger partial charge >= 0.3 is 0 Å². The maximum absolute atomic E-state index is 11.1. The van der Waals surface area contributed by atoms with Crippen LogP contribution < -0.4 is 15.4 Å². The van der Waals surface area contributed by atoms with E-state index in [0.29, 0.717) is 33.3 Å². The number of ether oxygens (including phenoxy) is 1. The van der Waals surface area contributed by atoms with Crippen LogP contribution in [0.4, 0.5) is 0 Å². The molecule has 10 heteroatoms. The van der Waals surface area contributed by atoms with Crippen molar-refractivity contribution < 1.29 is 13.2 Å². The van der Waals surface area contributed by atoms with Crippen molar-refractivity contribution in [2.24, 2.45) is 4.99 Å². The maximum atomic E-state index is 11.1. The summed E-state index contributed by atoms with van der Waals surface area (Å²) in [5.41, 5.74) is 0. The number of benzene rings is 1. The monoisotopic (exact) mass is 401 g/mol. The van der Waals surface area contributed by atoms with Gasteiger partial charge in [-0.05, 0) is 12.1 Å². The normalized spacial score (nSPS) is 12.1. The van der Waals surface area contributed by atoms with E-state index in [-0.39, 0.29) is 18.9 Å². The predicted molar refractivity (Wildman–Crippen MR) is 96.0 cm³/mol. The van der Waals surface area contributed by atoms with Crippen LogP contribution in [0.15, 0.2) is 17.1 Å². The third-order valence-corrected chi connectivity index (χ3v) is 4.32. The molecule has 0 aromatic heterocycles. The van der Waals surface area contributed by atoms with E-state index in [1.165, 1.54) is 6.26 Å². The summed E-state index contributed by atoms with van der Waals surface area (Å²) in [6.45, 7) is 0.982. The van der Waals surface area contributed by atoms with E-state index in [4.69, 9.17) is 39.5 Å². The fourth-order valence-electron chi connectivity index (χ4n) is 1.56. The Morgan fingerprint density at radius 2 is 1.74 bits per heavy atom. The molecule has 130 valence electrons. The average Bonchev–Trinajstić information content (AvgIpc) is 2.42. The molecule has 0 unspecified atom stereocenters. The van der Waals surface area contributed by atoms with E-state index in [0.717, 1.165) is 0 Å². The Bertz CT molecular complexity index is 643. The second-order valence-electron chi connectivity index (χ2n) is 4.60. The van der Waals surface area contributed by atoms with Gasteiger partial charge in [0.2, 0.25) is 0 Å². The van der Waals surface area contributed by atoms with E-state index in [2.05, 4.69) is 15.6 Å². The third kappa shape index (κ3) is 7.97. The molecule has 0 aliphatic heterocycles. The number of sulfone groups is 1. The topological polar surface area (TPSA) is 79.8 Å². The summed E-state index contributed by atoms with van der Waals surface area (Å²) in [4.78, 5) is 3.97. The standard InChI is InChI=1S/C13H18Cl3N3O3S/c1-17-13(19-4-6-23(2,20)21)18-3-5-22-12-10(15)7-9(14)8-11(12)16/h7-8H,3-6H2,1-2H3,(H2,17,18,19). The molecule has 0 amide bonds. The number of rotatable bonds is 7. The Kier molecular flexibility index (Phi) is 8.25. The zero-order chi connectivity index (χ0) is 17.5. The molecule has 1 aromatic rings. The van der Waals surface area contributed by atoms with Crippen LogP contribution in [-0.4, -0.2) is 53.1 Å². The number of halogens is 3. The summed E-state index contributed by atoms with van der Waals surface area (Å²) < 4.78 is 27.6.